The molecule has 0 fully saturated rings. The van der Waals surface area contributed by atoms with E-state index in [0.29, 0.717) is 11.1 Å². The fourth-order valence-electron chi connectivity index (χ4n) is 1.84. The van der Waals surface area contributed by atoms with Crippen LogP contribution >= 0.6 is 0 Å². The molecule has 0 aromatic heterocycles. The van der Waals surface area contributed by atoms with E-state index in [4.69, 9.17) is 0 Å². The molecule has 2 aromatic rings. The van der Waals surface area contributed by atoms with Gasteiger partial charge in [-0.3, -0.25) is 9.59 Å². The Kier molecular flexibility index (Phi) is 4.91. The quantitative estimate of drug-likeness (QED) is 0.625. The van der Waals surface area contributed by atoms with Crippen LogP contribution in [0.2, 0.25) is 0 Å². The summed E-state index contributed by atoms with van der Waals surface area (Å²) in [5, 5.41) is 0. The molecule has 22 heavy (non-hydrogen) atoms. The lowest BCUT2D eigenvalue weighted by Crippen LogP contribution is -1.91. The Hall–Kier alpha value is -3.10. The van der Waals surface area contributed by atoms with Crippen LogP contribution in [0.25, 0.3) is 0 Å². The number of rotatable bonds is 2. The summed E-state index contributed by atoms with van der Waals surface area (Å²) in [5.41, 5.74) is 2.77. The molecule has 0 amide bonds. The average molecular weight is 286 g/mol. The van der Waals surface area contributed by atoms with Gasteiger partial charge in [-0.25, -0.2) is 0 Å². The largest absolute Gasteiger partial charge is 0.295 e. The van der Waals surface area contributed by atoms with E-state index in [9.17, 15) is 9.59 Å². The molecule has 2 rings (SSSR count). The molecule has 0 spiro atoms. The van der Waals surface area contributed by atoms with Gasteiger partial charge in [0, 0.05) is 22.3 Å². The van der Waals surface area contributed by atoms with Crippen LogP contribution in [-0.2, 0) is 0 Å². The highest BCUT2D eigenvalue weighted by atomic mass is 16.1. The van der Waals surface area contributed by atoms with E-state index >= 15 is 0 Å². The number of benzene rings is 2. The Bertz CT molecular complexity index is 779. The van der Waals surface area contributed by atoms with E-state index < -0.39 is 0 Å². The van der Waals surface area contributed by atoms with E-state index in [1.54, 1.807) is 36.4 Å². The number of hydrogen-bond acceptors (Lipinski definition) is 2. The lowest BCUT2D eigenvalue weighted by atomic mass is 10.1. The SMILES string of the molecule is CC(=O)c1cccc(C#CC#Cc2cccc(C(C)=O)c2)c1. The molecule has 2 heteroatoms. The van der Waals surface area contributed by atoms with E-state index in [2.05, 4.69) is 23.7 Å². The van der Waals surface area contributed by atoms with Gasteiger partial charge in [0.2, 0.25) is 0 Å². The zero-order valence-corrected chi connectivity index (χ0v) is 12.4. The summed E-state index contributed by atoms with van der Waals surface area (Å²) >= 11 is 0. The van der Waals surface area contributed by atoms with Gasteiger partial charge in [0.15, 0.2) is 11.6 Å². The smallest absolute Gasteiger partial charge is 0.159 e. The molecule has 0 saturated carbocycles. The average Bonchev–Trinajstić information content (AvgIpc) is 2.52. The summed E-state index contributed by atoms with van der Waals surface area (Å²) < 4.78 is 0. The van der Waals surface area contributed by atoms with Gasteiger partial charge in [-0.15, -0.1) is 0 Å². The van der Waals surface area contributed by atoms with E-state index in [1.807, 2.05) is 12.1 Å². The van der Waals surface area contributed by atoms with Gasteiger partial charge in [0.05, 0.1) is 0 Å². The van der Waals surface area contributed by atoms with Crippen molar-refractivity contribution >= 4 is 11.6 Å². The van der Waals surface area contributed by atoms with Crippen molar-refractivity contribution in [2.45, 2.75) is 13.8 Å². The highest BCUT2D eigenvalue weighted by molar-refractivity contribution is 5.94. The van der Waals surface area contributed by atoms with E-state index in [-0.39, 0.29) is 11.6 Å². The molecule has 0 atom stereocenters. The molecule has 0 aliphatic heterocycles. The number of Topliss-reactive ketones (excluding diaryl/α,β-unsaturated/α-hetero) is 2. The van der Waals surface area contributed by atoms with Crippen molar-refractivity contribution in [3.63, 3.8) is 0 Å². The first kappa shape index (κ1) is 15.3. The molecule has 0 N–H and O–H groups in total. The molecular weight excluding hydrogens is 272 g/mol. The van der Waals surface area contributed by atoms with E-state index in [0.717, 1.165) is 11.1 Å². The van der Waals surface area contributed by atoms with Crippen LogP contribution in [0.1, 0.15) is 45.7 Å². The first-order valence-corrected chi connectivity index (χ1v) is 6.80. The number of hydrogen-bond donors (Lipinski definition) is 0. The lowest BCUT2D eigenvalue weighted by Gasteiger charge is -1.95. The van der Waals surface area contributed by atoms with Crippen LogP contribution in [0.4, 0.5) is 0 Å². The van der Waals surface area contributed by atoms with E-state index in [1.165, 1.54) is 13.8 Å². The molecular formula is C20H14O2. The zero-order chi connectivity index (χ0) is 15.9. The van der Waals surface area contributed by atoms with Crippen molar-refractivity contribution in [2.75, 3.05) is 0 Å². The first-order chi connectivity index (χ1) is 10.6. The molecule has 0 aliphatic rings. The second kappa shape index (κ2) is 7.07. The highest BCUT2D eigenvalue weighted by Crippen LogP contribution is 2.05. The third-order valence-electron chi connectivity index (χ3n) is 3.01. The molecule has 0 unspecified atom stereocenters. The predicted molar refractivity (Wildman–Crippen MR) is 86.6 cm³/mol. The molecule has 2 aromatic carbocycles. The fraction of sp³-hybridized carbons (Fsp3) is 0.100. The van der Waals surface area contributed by atoms with Gasteiger partial charge in [-0.1, -0.05) is 36.1 Å². The van der Waals surface area contributed by atoms with Crippen molar-refractivity contribution in [1.82, 2.24) is 0 Å². The first-order valence-electron chi connectivity index (χ1n) is 6.80. The van der Waals surface area contributed by atoms with Crippen LogP contribution in [-0.4, -0.2) is 11.6 Å². The monoisotopic (exact) mass is 286 g/mol. The number of carbonyl (C=O) groups excluding carboxylic acids is 2. The standard InChI is InChI=1S/C20H14O2/c1-15(21)19-11-5-9-17(13-19)7-3-4-8-18-10-6-12-20(14-18)16(2)22/h5-6,9-14H,1-2H3. The third kappa shape index (κ3) is 4.20. The Labute approximate surface area is 130 Å². The van der Waals surface area contributed by atoms with Crippen LogP contribution < -0.4 is 0 Å². The second-order valence-electron chi connectivity index (χ2n) is 4.77. The summed E-state index contributed by atoms with van der Waals surface area (Å²) in [6.45, 7) is 3.04. The third-order valence-corrected chi connectivity index (χ3v) is 3.01. The van der Waals surface area contributed by atoms with Gasteiger partial charge < -0.3 is 0 Å². The van der Waals surface area contributed by atoms with Crippen LogP contribution in [0.3, 0.4) is 0 Å². The zero-order valence-electron chi connectivity index (χ0n) is 12.4. The van der Waals surface area contributed by atoms with Crippen LogP contribution in [0.5, 0.6) is 0 Å². The van der Waals surface area contributed by atoms with Crippen LogP contribution in [0, 0.1) is 23.7 Å². The van der Waals surface area contributed by atoms with Gasteiger partial charge in [-0.05, 0) is 50.0 Å². The second-order valence-corrected chi connectivity index (χ2v) is 4.77. The molecule has 106 valence electrons. The minimum absolute atomic E-state index is 0.00998. The molecule has 0 heterocycles. The maximum absolute atomic E-state index is 11.3. The normalized spacial score (nSPS) is 9.00. The summed E-state index contributed by atoms with van der Waals surface area (Å²) in [4.78, 5) is 22.6. The van der Waals surface area contributed by atoms with Gasteiger partial charge in [0.25, 0.3) is 0 Å². The van der Waals surface area contributed by atoms with Crippen molar-refractivity contribution in [3.05, 3.63) is 70.8 Å². The maximum Gasteiger partial charge on any atom is 0.159 e. The summed E-state index contributed by atoms with van der Waals surface area (Å²) in [6, 6.07) is 14.3. The lowest BCUT2D eigenvalue weighted by molar-refractivity contribution is 0.100. The van der Waals surface area contributed by atoms with Crippen molar-refractivity contribution in [3.8, 4) is 23.7 Å². The van der Waals surface area contributed by atoms with Crippen LogP contribution in [0.15, 0.2) is 48.5 Å². The highest BCUT2D eigenvalue weighted by Gasteiger charge is 1.98. The Morgan fingerprint density at radius 2 is 1.14 bits per heavy atom. The Morgan fingerprint density at radius 3 is 1.50 bits per heavy atom. The van der Waals surface area contributed by atoms with Gasteiger partial charge in [0.1, 0.15) is 0 Å². The van der Waals surface area contributed by atoms with Gasteiger partial charge >= 0.3 is 0 Å². The molecule has 0 bridgehead atoms. The van der Waals surface area contributed by atoms with Crippen molar-refractivity contribution in [1.29, 1.82) is 0 Å². The molecule has 2 nitrogen and oxygen atoms in total. The molecule has 0 saturated heterocycles. The minimum atomic E-state index is 0.00998. The van der Waals surface area contributed by atoms with Crippen molar-refractivity contribution < 1.29 is 9.59 Å². The van der Waals surface area contributed by atoms with Gasteiger partial charge in [-0.2, -0.15) is 0 Å². The Morgan fingerprint density at radius 1 is 0.727 bits per heavy atom. The number of ketones is 2. The number of carbonyl (C=O) groups is 2. The van der Waals surface area contributed by atoms with Crippen molar-refractivity contribution in [2.24, 2.45) is 0 Å². The molecule has 0 radical (unpaired) electrons. The predicted octanol–water partition coefficient (Wildman–Crippen LogP) is 3.50. The summed E-state index contributed by atoms with van der Waals surface area (Å²) in [7, 11) is 0. The maximum atomic E-state index is 11.3. The summed E-state index contributed by atoms with van der Waals surface area (Å²) in [6.07, 6.45) is 0. The topological polar surface area (TPSA) is 34.1 Å². The Balaban J connectivity index is 2.18. The minimum Gasteiger partial charge on any atom is -0.295 e. The molecule has 0 aliphatic carbocycles. The fourth-order valence-corrected chi connectivity index (χ4v) is 1.84. The summed E-state index contributed by atoms with van der Waals surface area (Å²) in [5.74, 6) is 11.3.